The van der Waals surface area contributed by atoms with Crippen molar-refractivity contribution < 1.29 is 39.6 Å². The van der Waals surface area contributed by atoms with E-state index in [1.807, 2.05) is 0 Å². The summed E-state index contributed by atoms with van der Waals surface area (Å²) < 4.78 is 0. The first kappa shape index (κ1) is 17.2. The largest absolute Gasteiger partial charge is 0.481 e. The van der Waals surface area contributed by atoms with Crippen molar-refractivity contribution in [1.82, 2.24) is 0 Å². The van der Waals surface area contributed by atoms with Crippen LogP contribution in [0.3, 0.4) is 0 Å². The first-order chi connectivity index (χ1) is 7.69. The van der Waals surface area contributed by atoms with Crippen molar-refractivity contribution in [3.05, 3.63) is 12.7 Å². The van der Waals surface area contributed by atoms with Gasteiger partial charge in [0.25, 0.3) is 0 Å². The van der Waals surface area contributed by atoms with Crippen LogP contribution in [0.2, 0.25) is 0 Å². The predicted molar refractivity (Wildman–Crippen MR) is 53.4 cm³/mol. The average molecular weight is 248 g/mol. The van der Waals surface area contributed by atoms with Gasteiger partial charge in [-0.1, -0.05) is 6.58 Å². The molecule has 0 saturated heterocycles. The summed E-state index contributed by atoms with van der Waals surface area (Å²) in [6, 6.07) is 0. The predicted octanol–water partition coefficient (Wildman–Crippen LogP) is -0.877. The lowest BCUT2D eigenvalue weighted by Crippen LogP contribution is -2.42. The standard InChI is InChI=1S/C6H8O7.C3H4O/c7-3(8)1-6(13,5(11)12)2-4(9)10;1-2-3-4/h13H,1-2H2,(H,7,8)(H,9,10)(H,11,12);2-3H,1H2. The Labute approximate surface area is 95.8 Å². The molecule has 0 radical (unpaired) electrons. The van der Waals surface area contributed by atoms with Crippen LogP contribution in [-0.2, 0) is 19.2 Å². The maximum atomic E-state index is 10.3. The summed E-state index contributed by atoms with van der Waals surface area (Å²) in [6.45, 7) is 3.11. The molecular weight excluding hydrogens is 236 g/mol. The van der Waals surface area contributed by atoms with Gasteiger partial charge in [-0.25, -0.2) is 4.79 Å². The number of allylic oxidation sites excluding steroid dienone is 1. The fourth-order valence-corrected chi connectivity index (χ4v) is 0.714. The van der Waals surface area contributed by atoms with E-state index in [4.69, 9.17) is 25.2 Å². The molecule has 0 unspecified atom stereocenters. The van der Waals surface area contributed by atoms with Crippen LogP contribution < -0.4 is 0 Å². The highest BCUT2D eigenvalue weighted by molar-refractivity contribution is 5.88. The summed E-state index contributed by atoms with van der Waals surface area (Å²) >= 11 is 0. The topological polar surface area (TPSA) is 149 Å². The van der Waals surface area contributed by atoms with Crippen LogP contribution in [0, 0.1) is 0 Å². The van der Waals surface area contributed by atoms with Crippen molar-refractivity contribution in [2.24, 2.45) is 0 Å². The Bertz CT molecular complexity index is 297. The van der Waals surface area contributed by atoms with Crippen molar-refractivity contribution in [3.8, 4) is 0 Å². The zero-order chi connectivity index (χ0) is 14.1. The summed E-state index contributed by atoms with van der Waals surface area (Å²) in [5.41, 5.74) is -2.74. The fourth-order valence-electron chi connectivity index (χ4n) is 0.714. The highest BCUT2D eigenvalue weighted by atomic mass is 16.4. The van der Waals surface area contributed by atoms with Gasteiger partial charge in [0.15, 0.2) is 5.60 Å². The first-order valence-corrected chi connectivity index (χ1v) is 4.15. The number of carbonyl (C=O) groups is 4. The fraction of sp³-hybridized carbons (Fsp3) is 0.333. The Kier molecular flexibility index (Phi) is 8.08. The van der Waals surface area contributed by atoms with E-state index >= 15 is 0 Å². The molecule has 0 amide bonds. The Balaban J connectivity index is 0. The molecule has 17 heavy (non-hydrogen) atoms. The van der Waals surface area contributed by atoms with Gasteiger partial charge in [0, 0.05) is 0 Å². The molecule has 0 aromatic heterocycles. The molecule has 0 saturated carbocycles. The lowest BCUT2D eigenvalue weighted by Gasteiger charge is -2.18. The number of carboxylic acids is 3. The molecule has 0 aromatic rings. The smallest absolute Gasteiger partial charge is 0.336 e. The van der Waals surface area contributed by atoms with Crippen molar-refractivity contribution in [2.45, 2.75) is 18.4 Å². The lowest BCUT2D eigenvalue weighted by atomic mass is 9.96. The average Bonchev–Trinajstić information content (AvgIpc) is 2.15. The third kappa shape index (κ3) is 8.75. The number of aliphatic carboxylic acids is 3. The number of carbonyl (C=O) groups excluding carboxylic acids is 1. The normalized spacial score (nSPS) is 9.47. The zero-order valence-electron chi connectivity index (χ0n) is 8.70. The van der Waals surface area contributed by atoms with Crippen molar-refractivity contribution in [3.63, 3.8) is 0 Å². The van der Waals surface area contributed by atoms with Gasteiger partial charge >= 0.3 is 17.9 Å². The molecule has 96 valence electrons. The van der Waals surface area contributed by atoms with E-state index in [1.54, 1.807) is 0 Å². The molecule has 0 aliphatic rings. The minimum atomic E-state index is -2.74. The van der Waals surface area contributed by atoms with Crippen molar-refractivity contribution in [1.29, 1.82) is 0 Å². The summed E-state index contributed by atoms with van der Waals surface area (Å²) in [5.74, 6) is -5.02. The number of rotatable bonds is 6. The number of carboxylic acid groups (broad SMARTS) is 3. The van der Waals surface area contributed by atoms with Crippen LogP contribution >= 0.6 is 0 Å². The van der Waals surface area contributed by atoms with E-state index in [-0.39, 0.29) is 0 Å². The molecule has 0 atom stereocenters. The van der Waals surface area contributed by atoms with Gasteiger partial charge < -0.3 is 20.4 Å². The molecule has 0 aromatic carbocycles. The Morgan fingerprint density at radius 1 is 1.06 bits per heavy atom. The Morgan fingerprint density at radius 2 is 1.35 bits per heavy atom. The molecule has 0 spiro atoms. The Morgan fingerprint density at radius 3 is 1.47 bits per heavy atom. The lowest BCUT2D eigenvalue weighted by molar-refractivity contribution is -0.170. The summed E-state index contributed by atoms with van der Waals surface area (Å²) in [7, 11) is 0. The summed E-state index contributed by atoms with van der Waals surface area (Å²) in [5, 5.41) is 33.8. The van der Waals surface area contributed by atoms with Gasteiger partial charge in [-0.15, -0.1) is 0 Å². The van der Waals surface area contributed by atoms with Gasteiger partial charge in [0.2, 0.25) is 0 Å². The van der Waals surface area contributed by atoms with E-state index in [1.165, 1.54) is 6.08 Å². The van der Waals surface area contributed by atoms with E-state index in [0.29, 0.717) is 6.29 Å². The van der Waals surface area contributed by atoms with E-state index in [9.17, 15) is 14.4 Å². The summed E-state index contributed by atoms with van der Waals surface area (Å²) in [4.78, 5) is 39.5. The molecular formula is C9H12O8. The molecule has 0 fully saturated rings. The first-order valence-electron chi connectivity index (χ1n) is 4.15. The van der Waals surface area contributed by atoms with Gasteiger partial charge in [-0.05, 0) is 6.08 Å². The third-order valence-corrected chi connectivity index (χ3v) is 1.38. The molecule has 8 heteroatoms. The van der Waals surface area contributed by atoms with Crippen LogP contribution in [0.5, 0.6) is 0 Å². The van der Waals surface area contributed by atoms with E-state index in [2.05, 4.69) is 6.58 Å². The van der Waals surface area contributed by atoms with E-state index < -0.39 is 36.4 Å². The van der Waals surface area contributed by atoms with Crippen LogP contribution in [0.4, 0.5) is 0 Å². The summed E-state index contributed by atoms with van der Waals surface area (Å²) in [6.07, 6.45) is -0.455. The van der Waals surface area contributed by atoms with Crippen LogP contribution in [0.1, 0.15) is 12.8 Å². The number of hydrogen-bond acceptors (Lipinski definition) is 5. The maximum absolute atomic E-state index is 10.3. The van der Waals surface area contributed by atoms with Gasteiger partial charge in [-0.2, -0.15) is 0 Å². The minimum Gasteiger partial charge on any atom is -0.481 e. The second kappa shape index (κ2) is 7.99. The number of hydrogen-bond donors (Lipinski definition) is 4. The van der Waals surface area contributed by atoms with E-state index in [0.717, 1.165) is 0 Å². The van der Waals surface area contributed by atoms with Crippen LogP contribution in [-0.4, -0.2) is 50.2 Å². The molecule has 0 heterocycles. The van der Waals surface area contributed by atoms with Gasteiger partial charge in [-0.3, -0.25) is 14.4 Å². The molecule has 0 rings (SSSR count). The molecule has 0 aliphatic carbocycles. The second-order valence-corrected chi connectivity index (χ2v) is 2.85. The molecule has 0 aliphatic heterocycles. The quantitative estimate of drug-likeness (QED) is 0.349. The molecule has 4 N–H and O–H groups in total. The SMILES string of the molecule is C=CC=O.O=C(O)CC(O)(CC(=O)O)C(=O)O. The highest BCUT2D eigenvalue weighted by Gasteiger charge is 2.40. The van der Waals surface area contributed by atoms with Gasteiger partial charge in [0.1, 0.15) is 6.29 Å². The highest BCUT2D eigenvalue weighted by Crippen LogP contribution is 2.15. The zero-order valence-corrected chi connectivity index (χ0v) is 8.70. The monoisotopic (exact) mass is 248 g/mol. The Hall–Kier alpha value is -2.22. The van der Waals surface area contributed by atoms with Crippen LogP contribution in [0.15, 0.2) is 12.7 Å². The van der Waals surface area contributed by atoms with Crippen molar-refractivity contribution >= 4 is 24.2 Å². The third-order valence-electron chi connectivity index (χ3n) is 1.38. The van der Waals surface area contributed by atoms with Crippen molar-refractivity contribution in [2.75, 3.05) is 0 Å². The maximum Gasteiger partial charge on any atom is 0.336 e. The number of aldehydes is 1. The van der Waals surface area contributed by atoms with Crippen LogP contribution in [0.25, 0.3) is 0 Å². The second-order valence-electron chi connectivity index (χ2n) is 2.85. The molecule has 8 nitrogen and oxygen atoms in total. The molecule has 0 bridgehead atoms. The number of aliphatic hydroxyl groups is 1. The minimum absolute atomic E-state index is 0.639. The van der Waals surface area contributed by atoms with Gasteiger partial charge in [0.05, 0.1) is 12.8 Å².